The maximum Gasteiger partial charge on any atom is 0.338 e. The van der Waals surface area contributed by atoms with Gasteiger partial charge in [0.15, 0.2) is 0 Å². The van der Waals surface area contributed by atoms with Crippen LogP contribution in [0.3, 0.4) is 0 Å². The van der Waals surface area contributed by atoms with Crippen molar-refractivity contribution in [1.82, 2.24) is 0 Å². The number of nitrogens with zero attached hydrogens (tertiary/aromatic N) is 1. The summed E-state index contributed by atoms with van der Waals surface area (Å²) in [6.07, 6.45) is 6.61. The molecule has 0 saturated carbocycles. The second-order valence-corrected chi connectivity index (χ2v) is 6.00. The van der Waals surface area contributed by atoms with Crippen LogP contribution in [0.25, 0.3) is 0 Å². The first-order chi connectivity index (χ1) is 12.7. The summed E-state index contributed by atoms with van der Waals surface area (Å²) in [7, 11) is 0. The zero-order chi connectivity index (χ0) is 18.6. The van der Waals surface area contributed by atoms with Crippen LogP contribution in [0, 0.1) is 0 Å². The van der Waals surface area contributed by atoms with Gasteiger partial charge < -0.3 is 9.47 Å². The normalized spacial score (nSPS) is 10.8. The summed E-state index contributed by atoms with van der Waals surface area (Å²) < 4.78 is 10.7. The molecule has 0 aromatic heterocycles. The van der Waals surface area contributed by atoms with Crippen molar-refractivity contribution in [2.45, 2.75) is 39.5 Å². The number of rotatable bonds is 10. The first-order valence-corrected chi connectivity index (χ1v) is 9.27. The fourth-order valence-corrected chi connectivity index (χ4v) is 2.42. The smallest absolute Gasteiger partial charge is 0.338 e. The molecule has 0 unspecified atom stereocenters. The summed E-state index contributed by atoms with van der Waals surface area (Å²) in [6, 6.07) is 14.9. The molecule has 4 heteroatoms. The molecule has 0 aliphatic rings. The van der Waals surface area contributed by atoms with Crippen molar-refractivity contribution in [1.29, 1.82) is 0 Å². The average molecular weight is 353 g/mol. The van der Waals surface area contributed by atoms with Crippen LogP contribution in [0.5, 0.6) is 5.75 Å². The highest BCUT2D eigenvalue weighted by molar-refractivity contribution is 5.90. The molecule has 0 amide bonds. The molecule has 2 aromatic rings. The van der Waals surface area contributed by atoms with Gasteiger partial charge in [-0.1, -0.05) is 26.2 Å². The number of carbonyl (C=O) groups is 1. The third kappa shape index (κ3) is 6.71. The van der Waals surface area contributed by atoms with Crippen LogP contribution in [0.4, 0.5) is 5.69 Å². The van der Waals surface area contributed by atoms with Gasteiger partial charge >= 0.3 is 5.97 Å². The Morgan fingerprint density at radius 3 is 2.35 bits per heavy atom. The lowest BCUT2D eigenvalue weighted by Gasteiger charge is -2.06. The lowest BCUT2D eigenvalue weighted by Crippen LogP contribution is -2.03. The molecule has 0 radical (unpaired) electrons. The fourth-order valence-electron chi connectivity index (χ4n) is 2.42. The predicted octanol–water partition coefficient (Wildman–Crippen LogP) is 5.57. The average Bonchev–Trinajstić information content (AvgIpc) is 2.68. The fraction of sp³-hybridized carbons (Fsp3) is 0.364. The first-order valence-electron chi connectivity index (χ1n) is 9.27. The van der Waals surface area contributed by atoms with Crippen LogP contribution < -0.4 is 4.74 Å². The Morgan fingerprint density at radius 1 is 0.962 bits per heavy atom. The Labute approximate surface area is 155 Å². The highest BCUT2D eigenvalue weighted by atomic mass is 16.5. The summed E-state index contributed by atoms with van der Waals surface area (Å²) >= 11 is 0. The molecule has 138 valence electrons. The molecule has 0 saturated heterocycles. The second kappa shape index (κ2) is 11.1. The number of hydrogen-bond acceptors (Lipinski definition) is 4. The van der Waals surface area contributed by atoms with Gasteiger partial charge in [0, 0.05) is 6.21 Å². The molecule has 0 aliphatic heterocycles. The maximum atomic E-state index is 11.6. The minimum Gasteiger partial charge on any atom is -0.494 e. The molecule has 0 fully saturated rings. The summed E-state index contributed by atoms with van der Waals surface area (Å²) in [5.74, 6) is 0.575. The van der Waals surface area contributed by atoms with Crippen molar-refractivity contribution in [3.05, 3.63) is 59.7 Å². The van der Waals surface area contributed by atoms with E-state index in [2.05, 4.69) is 11.9 Å². The molecule has 0 spiro atoms. The van der Waals surface area contributed by atoms with Crippen LogP contribution in [0.1, 0.15) is 55.5 Å². The molecule has 26 heavy (non-hydrogen) atoms. The summed E-state index contributed by atoms with van der Waals surface area (Å²) in [6.45, 7) is 5.13. The predicted molar refractivity (Wildman–Crippen MR) is 106 cm³/mol. The molecular weight excluding hydrogens is 326 g/mol. The summed E-state index contributed by atoms with van der Waals surface area (Å²) in [4.78, 5) is 16.1. The third-order valence-electron chi connectivity index (χ3n) is 3.89. The van der Waals surface area contributed by atoms with Gasteiger partial charge in [-0.25, -0.2) is 4.79 Å². The first kappa shape index (κ1) is 19.7. The van der Waals surface area contributed by atoms with Crippen LogP contribution >= 0.6 is 0 Å². The summed E-state index contributed by atoms with van der Waals surface area (Å²) in [5.41, 5.74) is 2.32. The van der Waals surface area contributed by atoms with Gasteiger partial charge in [-0.05, 0) is 67.4 Å². The van der Waals surface area contributed by atoms with Gasteiger partial charge in [0.25, 0.3) is 0 Å². The quantitative estimate of drug-likeness (QED) is 0.318. The van der Waals surface area contributed by atoms with E-state index in [0.29, 0.717) is 12.2 Å². The van der Waals surface area contributed by atoms with E-state index in [0.717, 1.165) is 30.0 Å². The van der Waals surface area contributed by atoms with Gasteiger partial charge in [0.1, 0.15) is 5.75 Å². The van der Waals surface area contributed by atoms with E-state index in [1.165, 1.54) is 19.3 Å². The zero-order valence-electron chi connectivity index (χ0n) is 15.6. The molecule has 0 heterocycles. The minimum absolute atomic E-state index is 0.312. The van der Waals surface area contributed by atoms with E-state index in [1.54, 1.807) is 37.4 Å². The summed E-state index contributed by atoms with van der Waals surface area (Å²) in [5, 5.41) is 0. The molecule has 0 aliphatic carbocycles. The van der Waals surface area contributed by atoms with E-state index in [1.807, 2.05) is 24.3 Å². The number of carbonyl (C=O) groups excluding carboxylic acids is 1. The second-order valence-electron chi connectivity index (χ2n) is 6.00. The van der Waals surface area contributed by atoms with E-state index in [9.17, 15) is 4.79 Å². The Kier molecular flexibility index (Phi) is 8.40. The monoisotopic (exact) mass is 353 g/mol. The van der Waals surface area contributed by atoms with Crippen molar-refractivity contribution >= 4 is 17.9 Å². The van der Waals surface area contributed by atoms with Gasteiger partial charge in [-0.3, -0.25) is 4.99 Å². The van der Waals surface area contributed by atoms with Gasteiger partial charge in [-0.15, -0.1) is 0 Å². The van der Waals surface area contributed by atoms with E-state index >= 15 is 0 Å². The third-order valence-corrected chi connectivity index (χ3v) is 3.89. The molecule has 2 aromatic carbocycles. The number of unbranched alkanes of at least 4 members (excludes halogenated alkanes) is 3. The standard InChI is InChI=1S/C22H27NO3/c1-3-5-6-7-16-26-21-14-8-18(9-15-21)17-23-20-12-10-19(11-13-20)22(24)25-4-2/h8-15,17H,3-7,16H2,1-2H3. The van der Waals surface area contributed by atoms with E-state index < -0.39 is 0 Å². The SMILES string of the molecule is CCCCCCOc1ccc(C=Nc2ccc(C(=O)OCC)cc2)cc1. The number of esters is 1. The van der Waals surface area contributed by atoms with E-state index in [4.69, 9.17) is 9.47 Å². The van der Waals surface area contributed by atoms with Crippen molar-refractivity contribution in [3.8, 4) is 5.75 Å². The largest absolute Gasteiger partial charge is 0.494 e. The Bertz CT molecular complexity index is 690. The minimum atomic E-state index is -0.312. The number of aliphatic imine (C=N–C) groups is 1. The van der Waals surface area contributed by atoms with Crippen LogP contribution in [-0.4, -0.2) is 25.4 Å². The highest BCUT2D eigenvalue weighted by Crippen LogP contribution is 2.16. The molecule has 0 N–H and O–H groups in total. The lowest BCUT2D eigenvalue weighted by atomic mass is 10.2. The maximum absolute atomic E-state index is 11.6. The Hall–Kier alpha value is -2.62. The van der Waals surface area contributed by atoms with Crippen molar-refractivity contribution in [2.75, 3.05) is 13.2 Å². The molecule has 0 bridgehead atoms. The number of ether oxygens (including phenoxy) is 2. The van der Waals surface area contributed by atoms with Gasteiger partial charge in [-0.2, -0.15) is 0 Å². The lowest BCUT2D eigenvalue weighted by molar-refractivity contribution is 0.0526. The molecular formula is C22H27NO3. The van der Waals surface area contributed by atoms with Gasteiger partial charge in [0.2, 0.25) is 0 Å². The van der Waals surface area contributed by atoms with Crippen molar-refractivity contribution < 1.29 is 14.3 Å². The molecule has 0 atom stereocenters. The van der Waals surface area contributed by atoms with Gasteiger partial charge in [0.05, 0.1) is 24.5 Å². The molecule has 2 rings (SSSR count). The molecule has 4 nitrogen and oxygen atoms in total. The van der Waals surface area contributed by atoms with Crippen LogP contribution in [0.15, 0.2) is 53.5 Å². The van der Waals surface area contributed by atoms with E-state index in [-0.39, 0.29) is 5.97 Å². The van der Waals surface area contributed by atoms with Crippen LogP contribution in [0.2, 0.25) is 0 Å². The topological polar surface area (TPSA) is 47.9 Å². The van der Waals surface area contributed by atoms with Crippen molar-refractivity contribution in [3.63, 3.8) is 0 Å². The van der Waals surface area contributed by atoms with Crippen molar-refractivity contribution in [2.24, 2.45) is 4.99 Å². The Balaban J connectivity index is 1.85. The highest BCUT2D eigenvalue weighted by Gasteiger charge is 2.04. The van der Waals surface area contributed by atoms with Crippen LogP contribution in [-0.2, 0) is 4.74 Å². The zero-order valence-corrected chi connectivity index (χ0v) is 15.6. The Morgan fingerprint density at radius 2 is 1.69 bits per heavy atom. The number of benzene rings is 2. The number of hydrogen-bond donors (Lipinski definition) is 0.